The molecule has 3 atom stereocenters. The number of rotatable bonds is 16. The van der Waals surface area contributed by atoms with Gasteiger partial charge in [-0.1, -0.05) is 54.6 Å². The van der Waals surface area contributed by atoms with Gasteiger partial charge in [0.05, 0.1) is 20.8 Å². The Hall–Kier alpha value is -6.38. The third-order valence-electron chi connectivity index (χ3n) is 9.10. The molecule has 1 fully saturated rings. The summed E-state index contributed by atoms with van der Waals surface area (Å²) in [6.07, 6.45) is -1.25. The minimum atomic E-state index is -1.22. The first-order valence-corrected chi connectivity index (χ1v) is 17.3. The fourth-order valence-corrected chi connectivity index (χ4v) is 6.35. The Bertz CT molecular complexity index is 2140. The number of hydrogen-bond donors (Lipinski definition) is 2. The highest BCUT2D eigenvalue weighted by atomic mass is 16.6. The number of hydrogen-bond acceptors (Lipinski definition) is 11. The topological polar surface area (TPSA) is 174 Å². The van der Waals surface area contributed by atoms with Crippen LogP contribution >= 0.6 is 0 Å². The minimum Gasteiger partial charge on any atom is -0.497 e. The number of carbonyl (C=O) groups is 2. The number of aliphatic carboxylic acids is 1. The summed E-state index contributed by atoms with van der Waals surface area (Å²) in [5.74, 6) is 0.119. The van der Waals surface area contributed by atoms with Crippen molar-refractivity contribution in [3.05, 3.63) is 152 Å². The van der Waals surface area contributed by atoms with Gasteiger partial charge in [0, 0.05) is 18.2 Å². The standard InChI is InChI=1S/C41H40N2O12/c1-26-22-43(40(48)42-39(26)47)36-21-34(55-38(46)25-52-33-19-17-32(18-20-33)51-24-37(44)45)35(54-36)23-53-41(27-7-5-4-6-8-27,28-9-13-30(49-2)14-10-28)29-11-15-31(50-3)16-12-29/h4-20,22,34-36H,21,23-25H2,1-3H3,(H,44,45)(H,42,47,48)/t34-,35+,36+/m0/s1. The smallest absolute Gasteiger partial charge is 0.344 e. The Labute approximate surface area is 315 Å². The molecule has 0 aliphatic carbocycles. The van der Waals surface area contributed by atoms with Crippen LogP contribution in [-0.4, -0.2) is 72.8 Å². The maximum Gasteiger partial charge on any atom is 0.344 e. The van der Waals surface area contributed by atoms with Crippen molar-refractivity contribution in [2.24, 2.45) is 0 Å². The fourth-order valence-electron chi connectivity index (χ4n) is 6.35. The molecule has 0 radical (unpaired) electrons. The molecule has 0 bridgehead atoms. The first-order chi connectivity index (χ1) is 26.6. The molecule has 14 heteroatoms. The highest BCUT2D eigenvalue weighted by molar-refractivity contribution is 5.71. The van der Waals surface area contributed by atoms with Crippen molar-refractivity contribution in [1.82, 2.24) is 9.55 Å². The van der Waals surface area contributed by atoms with E-state index >= 15 is 0 Å². The van der Waals surface area contributed by atoms with Crippen LogP contribution in [0.4, 0.5) is 0 Å². The van der Waals surface area contributed by atoms with Crippen LogP contribution in [0.15, 0.2) is 119 Å². The molecule has 6 rings (SSSR count). The van der Waals surface area contributed by atoms with Gasteiger partial charge < -0.3 is 38.3 Å². The van der Waals surface area contributed by atoms with Gasteiger partial charge >= 0.3 is 17.6 Å². The van der Waals surface area contributed by atoms with Crippen LogP contribution in [0, 0.1) is 6.92 Å². The van der Waals surface area contributed by atoms with Gasteiger partial charge in [-0.25, -0.2) is 14.4 Å². The molecule has 0 unspecified atom stereocenters. The number of carboxylic acid groups (broad SMARTS) is 1. The van der Waals surface area contributed by atoms with Gasteiger partial charge in [0.25, 0.3) is 5.56 Å². The highest BCUT2D eigenvalue weighted by Gasteiger charge is 2.44. The first kappa shape index (κ1) is 38.3. The summed E-state index contributed by atoms with van der Waals surface area (Å²) in [6.45, 7) is 0.492. The summed E-state index contributed by atoms with van der Waals surface area (Å²) < 4.78 is 42.4. The lowest BCUT2D eigenvalue weighted by atomic mass is 9.80. The molecule has 2 N–H and O–H groups in total. The van der Waals surface area contributed by atoms with Gasteiger partial charge in [0.1, 0.15) is 47.0 Å². The van der Waals surface area contributed by atoms with E-state index in [0.29, 0.717) is 28.6 Å². The molecule has 1 aromatic heterocycles. The summed E-state index contributed by atoms with van der Waals surface area (Å²) in [4.78, 5) is 51.5. The number of aromatic nitrogens is 2. The molecule has 286 valence electrons. The van der Waals surface area contributed by atoms with Crippen molar-refractivity contribution in [2.45, 2.75) is 37.4 Å². The van der Waals surface area contributed by atoms with Crippen molar-refractivity contribution in [3.8, 4) is 23.0 Å². The summed E-state index contributed by atoms with van der Waals surface area (Å²) in [6, 6.07) is 30.7. The molecule has 0 saturated carbocycles. The number of carbonyl (C=O) groups excluding carboxylic acids is 1. The van der Waals surface area contributed by atoms with Crippen molar-refractivity contribution < 1.29 is 47.9 Å². The van der Waals surface area contributed by atoms with E-state index < -0.39 is 60.4 Å². The van der Waals surface area contributed by atoms with Crippen LogP contribution in [0.2, 0.25) is 0 Å². The van der Waals surface area contributed by atoms with E-state index in [0.717, 1.165) is 16.7 Å². The summed E-state index contributed by atoms with van der Waals surface area (Å²) in [5.41, 5.74) is 0.222. The number of H-pyrrole nitrogens is 1. The molecular formula is C41H40N2O12. The number of aryl methyl sites for hydroxylation is 1. The van der Waals surface area contributed by atoms with Gasteiger partial charge in [-0.3, -0.25) is 14.3 Å². The molecule has 55 heavy (non-hydrogen) atoms. The minimum absolute atomic E-state index is 0.0597. The molecule has 2 heterocycles. The highest BCUT2D eigenvalue weighted by Crippen LogP contribution is 2.43. The number of benzene rings is 4. The number of nitrogens with one attached hydrogen (secondary N) is 1. The van der Waals surface area contributed by atoms with Crippen LogP contribution < -0.4 is 30.2 Å². The van der Waals surface area contributed by atoms with E-state index in [1.807, 2.05) is 78.9 Å². The zero-order valence-electron chi connectivity index (χ0n) is 30.3. The van der Waals surface area contributed by atoms with E-state index in [9.17, 15) is 19.2 Å². The zero-order chi connectivity index (χ0) is 39.0. The van der Waals surface area contributed by atoms with E-state index in [-0.39, 0.29) is 13.0 Å². The predicted octanol–water partition coefficient (Wildman–Crippen LogP) is 4.61. The third-order valence-corrected chi connectivity index (χ3v) is 9.10. The third kappa shape index (κ3) is 8.88. The Kier molecular flexibility index (Phi) is 12.0. The van der Waals surface area contributed by atoms with Gasteiger partial charge in [0.15, 0.2) is 13.2 Å². The number of carboxylic acids is 1. The largest absolute Gasteiger partial charge is 0.497 e. The average Bonchev–Trinajstić information content (AvgIpc) is 3.60. The monoisotopic (exact) mass is 752 g/mol. The van der Waals surface area contributed by atoms with Gasteiger partial charge in [-0.15, -0.1) is 0 Å². The molecule has 1 aliphatic heterocycles. The van der Waals surface area contributed by atoms with E-state index in [1.165, 1.54) is 35.0 Å². The van der Waals surface area contributed by atoms with Gasteiger partial charge in [-0.05, 0) is 72.1 Å². The maximum absolute atomic E-state index is 13.3. The Balaban J connectivity index is 1.30. The lowest BCUT2D eigenvalue weighted by molar-refractivity contribution is -0.158. The quantitative estimate of drug-likeness (QED) is 0.106. The van der Waals surface area contributed by atoms with Crippen molar-refractivity contribution in [3.63, 3.8) is 0 Å². The second kappa shape index (κ2) is 17.2. The fraction of sp³-hybridized carbons (Fsp3) is 0.268. The van der Waals surface area contributed by atoms with Crippen LogP contribution in [0.25, 0.3) is 0 Å². The second-order valence-corrected chi connectivity index (χ2v) is 12.6. The normalized spacial score (nSPS) is 16.6. The molecule has 14 nitrogen and oxygen atoms in total. The number of methoxy groups -OCH3 is 2. The maximum atomic E-state index is 13.3. The molecule has 1 aliphatic rings. The summed E-state index contributed by atoms with van der Waals surface area (Å²) >= 11 is 0. The Morgan fingerprint density at radius 3 is 1.85 bits per heavy atom. The zero-order valence-corrected chi connectivity index (χ0v) is 30.3. The SMILES string of the molecule is COc1ccc(C(OC[C@H]2O[C@@H](n3cc(C)c(=O)[nH]c3=O)C[C@@H]2OC(=O)COc2ccc(OCC(=O)O)cc2)(c2ccccc2)c2ccc(OC)cc2)cc1. The van der Waals surface area contributed by atoms with Crippen LogP contribution in [0.5, 0.6) is 23.0 Å². The summed E-state index contributed by atoms with van der Waals surface area (Å²) in [7, 11) is 3.18. The van der Waals surface area contributed by atoms with Crippen molar-refractivity contribution in [2.75, 3.05) is 34.0 Å². The van der Waals surface area contributed by atoms with E-state index in [4.69, 9.17) is 38.3 Å². The summed E-state index contributed by atoms with van der Waals surface area (Å²) in [5, 5.41) is 8.84. The van der Waals surface area contributed by atoms with Gasteiger partial charge in [-0.2, -0.15) is 0 Å². The molecule has 0 spiro atoms. The number of aromatic amines is 1. The molecular weight excluding hydrogens is 712 g/mol. The van der Waals surface area contributed by atoms with Crippen LogP contribution in [0.1, 0.15) is 34.9 Å². The van der Waals surface area contributed by atoms with Gasteiger partial charge in [0.2, 0.25) is 0 Å². The Morgan fingerprint density at radius 2 is 1.31 bits per heavy atom. The lowest BCUT2D eigenvalue weighted by Crippen LogP contribution is -2.39. The van der Waals surface area contributed by atoms with Crippen molar-refractivity contribution in [1.29, 1.82) is 0 Å². The van der Waals surface area contributed by atoms with E-state index in [2.05, 4.69) is 4.98 Å². The molecule has 4 aromatic carbocycles. The average molecular weight is 753 g/mol. The lowest BCUT2D eigenvalue weighted by Gasteiger charge is -2.37. The molecule has 5 aromatic rings. The van der Waals surface area contributed by atoms with Crippen LogP contribution in [-0.2, 0) is 29.4 Å². The second-order valence-electron chi connectivity index (χ2n) is 12.6. The van der Waals surface area contributed by atoms with E-state index in [1.54, 1.807) is 21.1 Å². The number of esters is 1. The number of nitrogens with zero attached hydrogens (tertiary/aromatic N) is 1. The number of ether oxygens (including phenoxy) is 7. The molecule has 0 amide bonds. The Morgan fingerprint density at radius 1 is 0.782 bits per heavy atom. The molecule has 1 saturated heterocycles. The first-order valence-electron chi connectivity index (χ1n) is 17.3. The predicted molar refractivity (Wildman–Crippen MR) is 198 cm³/mol. The van der Waals surface area contributed by atoms with Crippen molar-refractivity contribution >= 4 is 11.9 Å². The van der Waals surface area contributed by atoms with Crippen LogP contribution in [0.3, 0.4) is 0 Å².